The van der Waals surface area contributed by atoms with Crippen LogP contribution in [-0.2, 0) is 14.8 Å². The molecule has 2 bridgehead atoms. The van der Waals surface area contributed by atoms with Crippen LogP contribution in [0.2, 0.25) is 0 Å². The molecule has 2 aliphatic carbocycles. The van der Waals surface area contributed by atoms with Gasteiger partial charge in [-0.2, -0.15) is 0 Å². The highest BCUT2D eigenvalue weighted by Crippen LogP contribution is 2.49. The monoisotopic (exact) mass is 314 g/mol. The Hall–Kier alpha value is -1.41. The van der Waals surface area contributed by atoms with Crippen molar-refractivity contribution in [3.63, 3.8) is 0 Å². The van der Waals surface area contributed by atoms with Crippen LogP contribution in [0.25, 0.3) is 0 Å². The summed E-state index contributed by atoms with van der Waals surface area (Å²) in [5.41, 5.74) is 0.287. The molecule has 0 radical (unpaired) electrons. The minimum absolute atomic E-state index is 0.0226. The molecule has 2 aliphatic rings. The first kappa shape index (κ1) is 14.5. The van der Waals surface area contributed by atoms with Crippen molar-refractivity contribution in [2.45, 2.75) is 44.0 Å². The number of carboxylic acid groups (broad SMARTS) is 1. The summed E-state index contributed by atoms with van der Waals surface area (Å²) in [6.07, 6.45) is 2.53. The molecule has 0 aromatic carbocycles. The fourth-order valence-electron chi connectivity index (χ4n) is 3.91. The number of rotatable bonds is 4. The number of nitrogens with one attached hydrogen (secondary N) is 1. The molecule has 1 heterocycles. The molecular weight excluding hydrogens is 296 g/mol. The fourth-order valence-corrected chi connectivity index (χ4v) is 5.57. The lowest BCUT2D eigenvalue weighted by molar-refractivity contribution is -0.144. The second-order valence-corrected chi connectivity index (χ2v) is 7.65. The number of hydrogen-bond acceptors (Lipinski definition) is 5. The number of aromatic nitrogens is 1. The Balaban J connectivity index is 1.91. The van der Waals surface area contributed by atoms with E-state index in [9.17, 15) is 18.3 Å². The molecule has 2 N–H and O–H groups in total. The summed E-state index contributed by atoms with van der Waals surface area (Å²) in [5, 5.41) is 13.0. The molecule has 2 saturated carbocycles. The Kier molecular flexibility index (Phi) is 3.32. The molecule has 8 heteroatoms. The van der Waals surface area contributed by atoms with E-state index in [4.69, 9.17) is 4.52 Å². The Bertz CT molecular complexity index is 661. The van der Waals surface area contributed by atoms with E-state index in [1.54, 1.807) is 6.92 Å². The van der Waals surface area contributed by atoms with Gasteiger partial charge in [0.25, 0.3) is 0 Å². The summed E-state index contributed by atoms with van der Waals surface area (Å²) >= 11 is 0. The first-order valence-corrected chi connectivity index (χ1v) is 8.47. The summed E-state index contributed by atoms with van der Waals surface area (Å²) in [6.45, 7) is 3.09. The van der Waals surface area contributed by atoms with Crippen LogP contribution < -0.4 is 4.72 Å². The Labute approximate surface area is 122 Å². The minimum atomic E-state index is -3.82. The molecule has 1 aromatic heterocycles. The molecule has 21 heavy (non-hydrogen) atoms. The maximum Gasteiger partial charge on any atom is 0.308 e. The van der Waals surface area contributed by atoms with Crippen LogP contribution in [0.5, 0.6) is 0 Å². The third-order valence-corrected chi connectivity index (χ3v) is 6.43. The van der Waals surface area contributed by atoms with E-state index in [1.807, 2.05) is 0 Å². The van der Waals surface area contributed by atoms with Gasteiger partial charge in [-0.05, 0) is 44.9 Å². The predicted molar refractivity (Wildman–Crippen MR) is 72.0 cm³/mol. The van der Waals surface area contributed by atoms with E-state index in [2.05, 4.69) is 9.88 Å². The van der Waals surface area contributed by atoms with Crippen molar-refractivity contribution in [1.29, 1.82) is 0 Å². The molecule has 4 atom stereocenters. The number of fused-ring (bicyclic) bond motifs is 2. The number of aliphatic carboxylic acids is 1. The first-order chi connectivity index (χ1) is 9.81. The Morgan fingerprint density at radius 2 is 2.00 bits per heavy atom. The molecule has 4 unspecified atom stereocenters. The SMILES string of the molecule is Cc1noc(C)c1S(=O)(=O)NC1C2CCC(C2)C1C(=O)O. The molecule has 7 nitrogen and oxygen atoms in total. The van der Waals surface area contributed by atoms with E-state index in [0.29, 0.717) is 0 Å². The summed E-state index contributed by atoms with van der Waals surface area (Å²) in [5.74, 6) is -1.17. The van der Waals surface area contributed by atoms with Crippen molar-refractivity contribution in [3.8, 4) is 0 Å². The van der Waals surface area contributed by atoms with Crippen molar-refractivity contribution >= 4 is 16.0 Å². The van der Waals surface area contributed by atoms with E-state index in [-0.39, 0.29) is 28.2 Å². The van der Waals surface area contributed by atoms with Crippen molar-refractivity contribution in [3.05, 3.63) is 11.5 Å². The maximum atomic E-state index is 12.5. The molecule has 0 aliphatic heterocycles. The van der Waals surface area contributed by atoms with Gasteiger partial charge in [-0.15, -0.1) is 0 Å². The fraction of sp³-hybridized carbons (Fsp3) is 0.692. The van der Waals surface area contributed by atoms with Crippen LogP contribution in [0.15, 0.2) is 9.42 Å². The van der Waals surface area contributed by atoms with Crippen LogP contribution in [0, 0.1) is 31.6 Å². The van der Waals surface area contributed by atoms with Gasteiger partial charge in [-0.25, -0.2) is 13.1 Å². The van der Waals surface area contributed by atoms with Gasteiger partial charge < -0.3 is 9.63 Å². The maximum absolute atomic E-state index is 12.5. The molecule has 0 spiro atoms. The Morgan fingerprint density at radius 1 is 1.33 bits per heavy atom. The smallest absolute Gasteiger partial charge is 0.308 e. The molecule has 116 valence electrons. The lowest BCUT2D eigenvalue weighted by Crippen LogP contribution is -2.46. The highest BCUT2D eigenvalue weighted by molar-refractivity contribution is 7.89. The van der Waals surface area contributed by atoms with Crippen LogP contribution >= 0.6 is 0 Å². The average molecular weight is 314 g/mol. The second kappa shape index (κ2) is 4.81. The lowest BCUT2D eigenvalue weighted by atomic mass is 9.85. The van der Waals surface area contributed by atoms with Crippen molar-refractivity contribution < 1.29 is 22.8 Å². The number of hydrogen-bond donors (Lipinski definition) is 2. The minimum Gasteiger partial charge on any atom is -0.481 e. The summed E-state index contributed by atoms with van der Waals surface area (Å²) in [6, 6.07) is -0.542. The third-order valence-electron chi connectivity index (χ3n) is 4.73. The Morgan fingerprint density at radius 3 is 2.57 bits per heavy atom. The number of carbonyl (C=O) groups is 1. The second-order valence-electron chi connectivity index (χ2n) is 6.00. The molecule has 1 aromatic rings. The van der Waals surface area contributed by atoms with Gasteiger partial charge in [0.2, 0.25) is 10.0 Å². The molecular formula is C13H18N2O5S. The molecule has 3 rings (SSSR count). The number of aryl methyl sites for hydroxylation is 2. The zero-order chi connectivity index (χ0) is 15.4. The van der Waals surface area contributed by atoms with E-state index >= 15 is 0 Å². The van der Waals surface area contributed by atoms with E-state index in [0.717, 1.165) is 19.3 Å². The zero-order valence-corrected chi connectivity index (χ0v) is 12.7. The van der Waals surface area contributed by atoms with Crippen LogP contribution in [0.1, 0.15) is 30.7 Å². The molecule has 0 amide bonds. The lowest BCUT2D eigenvalue weighted by Gasteiger charge is -2.28. The predicted octanol–water partition coefficient (Wildman–Crippen LogP) is 1.07. The highest BCUT2D eigenvalue weighted by atomic mass is 32.2. The number of carboxylic acids is 1. The normalized spacial score (nSPS) is 31.7. The zero-order valence-electron chi connectivity index (χ0n) is 11.9. The van der Waals surface area contributed by atoms with Gasteiger partial charge in [0.05, 0.1) is 5.92 Å². The van der Waals surface area contributed by atoms with Gasteiger partial charge in [-0.1, -0.05) is 5.16 Å². The highest BCUT2D eigenvalue weighted by Gasteiger charge is 2.52. The van der Waals surface area contributed by atoms with Crippen LogP contribution in [-0.4, -0.2) is 30.7 Å². The van der Waals surface area contributed by atoms with Crippen molar-refractivity contribution in [1.82, 2.24) is 9.88 Å². The average Bonchev–Trinajstić information content (AvgIpc) is 3.03. The van der Waals surface area contributed by atoms with Crippen molar-refractivity contribution in [2.24, 2.45) is 17.8 Å². The quantitative estimate of drug-likeness (QED) is 0.860. The van der Waals surface area contributed by atoms with Gasteiger partial charge >= 0.3 is 5.97 Å². The van der Waals surface area contributed by atoms with Crippen LogP contribution in [0.4, 0.5) is 0 Å². The van der Waals surface area contributed by atoms with E-state index < -0.39 is 28.0 Å². The number of sulfonamides is 1. The molecule has 0 saturated heterocycles. The van der Waals surface area contributed by atoms with E-state index in [1.165, 1.54) is 6.92 Å². The molecule has 2 fully saturated rings. The summed E-state index contributed by atoms with van der Waals surface area (Å²) in [7, 11) is -3.82. The third kappa shape index (κ3) is 2.26. The van der Waals surface area contributed by atoms with Gasteiger partial charge in [-0.3, -0.25) is 4.79 Å². The largest absolute Gasteiger partial charge is 0.481 e. The number of nitrogens with zero attached hydrogens (tertiary/aromatic N) is 1. The summed E-state index contributed by atoms with van der Waals surface area (Å²) < 4.78 is 32.6. The first-order valence-electron chi connectivity index (χ1n) is 6.99. The van der Waals surface area contributed by atoms with Gasteiger partial charge in [0.1, 0.15) is 10.6 Å². The van der Waals surface area contributed by atoms with Gasteiger partial charge in [0.15, 0.2) is 5.76 Å². The summed E-state index contributed by atoms with van der Waals surface area (Å²) in [4.78, 5) is 11.5. The topological polar surface area (TPSA) is 110 Å². The van der Waals surface area contributed by atoms with Gasteiger partial charge in [0, 0.05) is 6.04 Å². The standard InChI is InChI=1S/C13H18N2O5S/c1-6-12(7(2)20-14-6)21(18,19)15-11-9-4-3-8(5-9)10(11)13(16)17/h8-11,15H,3-5H2,1-2H3,(H,16,17). The van der Waals surface area contributed by atoms with Crippen LogP contribution in [0.3, 0.4) is 0 Å². The van der Waals surface area contributed by atoms with Crippen molar-refractivity contribution in [2.75, 3.05) is 0 Å².